The molecule has 1 N–H and O–H groups in total. The summed E-state index contributed by atoms with van der Waals surface area (Å²) in [4.78, 5) is 30.1. The topological polar surface area (TPSA) is 96.0 Å². The number of carbonyl (C=O) groups excluding carboxylic acids is 2. The Labute approximate surface area is 266 Å². The van der Waals surface area contributed by atoms with Crippen LogP contribution in [0.2, 0.25) is 0 Å². The summed E-state index contributed by atoms with van der Waals surface area (Å²) in [6, 6.07) is 30.8. The van der Waals surface area contributed by atoms with Crippen molar-refractivity contribution in [2.75, 3.05) is 18.0 Å². The number of anilines is 1. The summed E-state index contributed by atoms with van der Waals surface area (Å²) in [6.45, 7) is 5.44. The van der Waals surface area contributed by atoms with Crippen LogP contribution in [0.4, 0.5) is 5.69 Å². The predicted octanol–water partition coefficient (Wildman–Crippen LogP) is 5.75. The molecular weight excluding hydrogens is 586 g/mol. The van der Waals surface area contributed by atoms with Crippen molar-refractivity contribution in [3.05, 3.63) is 126 Å². The zero-order valence-corrected chi connectivity index (χ0v) is 27.0. The molecular formula is C36H41N3O5S. The molecule has 0 fully saturated rings. The Kier molecular flexibility index (Phi) is 11.4. The number of hydrogen-bond acceptors (Lipinski definition) is 5. The molecule has 9 heteroatoms. The number of nitrogens with zero attached hydrogens (tertiary/aromatic N) is 2. The molecule has 45 heavy (non-hydrogen) atoms. The van der Waals surface area contributed by atoms with Gasteiger partial charge in [-0.3, -0.25) is 13.9 Å². The van der Waals surface area contributed by atoms with Gasteiger partial charge in [0.05, 0.1) is 17.7 Å². The SMILES string of the molecule is CC[C@@H](C)NC(=O)[C@H](Cc1ccccc1)N(Cc1ccccc1C)C(=O)CN(c1cccc(OC)c1)S(=O)(=O)c1ccccc1. The lowest BCUT2D eigenvalue weighted by atomic mass is 10.0. The maximum atomic E-state index is 14.6. The predicted molar refractivity (Wildman–Crippen MR) is 178 cm³/mol. The van der Waals surface area contributed by atoms with Crippen molar-refractivity contribution in [1.29, 1.82) is 0 Å². The fourth-order valence-corrected chi connectivity index (χ4v) is 6.41. The van der Waals surface area contributed by atoms with Crippen LogP contribution in [0.1, 0.15) is 37.0 Å². The normalized spacial score (nSPS) is 12.5. The van der Waals surface area contributed by atoms with Crippen LogP contribution >= 0.6 is 0 Å². The summed E-state index contributed by atoms with van der Waals surface area (Å²) >= 11 is 0. The fourth-order valence-electron chi connectivity index (χ4n) is 4.98. The third-order valence-corrected chi connectivity index (χ3v) is 9.61. The van der Waals surface area contributed by atoms with Crippen LogP contribution in [0.5, 0.6) is 5.75 Å². The minimum atomic E-state index is -4.19. The van der Waals surface area contributed by atoms with E-state index in [1.54, 1.807) is 42.5 Å². The zero-order valence-electron chi connectivity index (χ0n) is 26.2. The molecule has 0 saturated carbocycles. The highest BCUT2D eigenvalue weighted by molar-refractivity contribution is 7.92. The van der Waals surface area contributed by atoms with Crippen molar-refractivity contribution in [3.8, 4) is 5.75 Å². The molecule has 0 aliphatic carbocycles. The molecule has 0 radical (unpaired) electrons. The highest BCUT2D eigenvalue weighted by Gasteiger charge is 2.35. The average molecular weight is 628 g/mol. The third-order valence-electron chi connectivity index (χ3n) is 7.83. The van der Waals surface area contributed by atoms with E-state index in [1.165, 1.54) is 24.1 Å². The summed E-state index contributed by atoms with van der Waals surface area (Å²) in [5, 5.41) is 3.06. The monoisotopic (exact) mass is 627 g/mol. The van der Waals surface area contributed by atoms with E-state index in [1.807, 2.05) is 75.4 Å². The Balaban J connectivity index is 1.82. The molecule has 0 aliphatic rings. The number of carbonyl (C=O) groups is 2. The van der Waals surface area contributed by atoms with Gasteiger partial charge in [-0.1, -0.05) is 85.8 Å². The van der Waals surface area contributed by atoms with E-state index < -0.39 is 28.5 Å². The number of nitrogens with one attached hydrogen (secondary N) is 1. The molecule has 2 amide bonds. The van der Waals surface area contributed by atoms with Crippen LogP contribution in [0.3, 0.4) is 0 Å². The molecule has 4 aromatic rings. The molecule has 4 aromatic carbocycles. The van der Waals surface area contributed by atoms with Gasteiger partial charge in [-0.15, -0.1) is 0 Å². The van der Waals surface area contributed by atoms with E-state index in [-0.39, 0.29) is 35.5 Å². The van der Waals surface area contributed by atoms with E-state index in [0.717, 1.165) is 21.0 Å². The molecule has 0 unspecified atom stereocenters. The number of methoxy groups -OCH3 is 1. The molecule has 8 nitrogen and oxygen atoms in total. The summed E-state index contributed by atoms with van der Waals surface area (Å²) in [6.07, 6.45) is 0.972. The molecule has 2 atom stereocenters. The Bertz CT molecular complexity index is 1680. The molecule has 0 saturated heterocycles. The quantitative estimate of drug-likeness (QED) is 0.192. The molecule has 4 rings (SSSR count). The van der Waals surface area contributed by atoms with Crippen molar-refractivity contribution in [2.24, 2.45) is 0 Å². The lowest BCUT2D eigenvalue weighted by Gasteiger charge is -2.34. The van der Waals surface area contributed by atoms with Crippen molar-refractivity contribution >= 4 is 27.5 Å². The van der Waals surface area contributed by atoms with Gasteiger partial charge in [0.25, 0.3) is 10.0 Å². The number of sulfonamides is 1. The number of rotatable bonds is 14. The lowest BCUT2D eigenvalue weighted by molar-refractivity contribution is -0.140. The Morgan fingerprint density at radius 2 is 1.51 bits per heavy atom. The molecule has 0 heterocycles. The molecule has 0 aromatic heterocycles. The second kappa shape index (κ2) is 15.4. The van der Waals surface area contributed by atoms with Crippen LogP contribution in [-0.2, 0) is 32.6 Å². The van der Waals surface area contributed by atoms with Gasteiger partial charge in [0.2, 0.25) is 11.8 Å². The fraction of sp³-hybridized carbons (Fsp3) is 0.278. The lowest BCUT2D eigenvalue weighted by Crippen LogP contribution is -2.54. The maximum absolute atomic E-state index is 14.6. The number of amides is 2. The van der Waals surface area contributed by atoms with Crippen LogP contribution in [0.25, 0.3) is 0 Å². The second-order valence-electron chi connectivity index (χ2n) is 11.0. The first kappa shape index (κ1) is 33.3. The summed E-state index contributed by atoms with van der Waals surface area (Å²) in [5.41, 5.74) is 2.97. The van der Waals surface area contributed by atoms with Crippen LogP contribution in [0, 0.1) is 6.92 Å². The maximum Gasteiger partial charge on any atom is 0.264 e. The van der Waals surface area contributed by atoms with Gasteiger partial charge in [0.15, 0.2) is 0 Å². The first-order valence-corrected chi connectivity index (χ1v) is 16.5. The van der Waals surface area contributed by atoms with E-state index in [0.29, 0.717) is 12.2 Å². The van der Waals surface area contributed by atoms with Crippen molar-refractivity contribution in [3.63, 3.8) is 0 Å². The Morgan fingerprint density at radius 3 is 2.16 bits per heavy atom. The highest BCUT2D eigenvalue weighted by atomic mass is 32.2. The van der Waals surface area contributed by atoms with Gasteiger partial charge >= 0.3 is 0 Å². The summed E-state index contributed by atoms with van der Waals surface area (Å²) < 4.78 is 34.7. The molecule has 236 valence electrons. The van der Waals surface area contributed by atoms with Crippen molar-refractivity contribution < 1.29 is 22.7 Å². The number of aryl methyl sites for hydroxylation is 1. The second-order valence-corrected chi connectivity index (χ2v) is 12.9. The van der Waals surface area contributed by atoms with E-state index in [4.69, 9.17) is 4.74 Å². The standard InChI is InChI=1S/C36H41N3O5S/c1-5-28(3)37-36(41)34(23-29-16-8-6-9-17-29)38(25-30-18-13-12-15-27(30)2)35(40)26-39(31-19-14-20-32(24-31)44-4)45(42,43)33-21-10-7-11-22-33/h6-22,24,28,34H,5,23,25-26H2,1-4H3,(H,37,41)/t28-,34+/m1/s1. The van der Waals surface area contributed by atoms with Gasteiger partial charge in [-0.05, 0) is 61.2 Å². The van der Waals surface area contributed by atoms with Gasteiger partial charge < -0.3 is 15.0 Å². The zero-order chi connectivity index (χ0) is 32.4. The van der Waals surface area contributed by atoms with Gasteiger partial charge in [-0.25, -0.2) is 8.42 Å². The molecule has 0 aliphatic heterocycles. The molecule has 0 bridgehead atoms. The molecule has 0 spiro atoms. The number of benzene rings is 4. The van der Waals surface area contributed by atoms with Crippen molar-refractivity contribution in [2.45, 2.75) is 57.1 Å². The smallest absolute Gasteiger partial charge is 0.264 e. The summed E-state index contributed by atoms with van der Waals surface area (Å²) in [5.74, 6) is -0.366. The first-order chi connectivity index (χ1) is 21.6. The van der Waals surface area contributed by atoms with Gasteiger partial charge in [-0.2, -0.15) is 0 Å². The first-order valence-electron chi connectivity index (χ1n) is 15.0. The highest BCUT2D eigenvalue weighted by Crippen LogP contribution is 2.28. The van der Waals surface area contributed by atoms with Crippen LogP contribution in [0.15, 0.2) is 114 Å². The number of ether oxygens (including phenoxy) is 1. The minimum Gasteiger partial charge on any atom is -0.497 e. The Hall–Kier alpha value is -4.63. The van der Waals surface area contributed by atoms with E-state index >= 15 is 0 Å². The summed E-state index contributed by atoms with van der Waals surface area (Å²) in [7, 11) is -2.69. The van der Waals surface area contributed by atoms with E-state index in [2.05, 4.69) is 5.32 Å². The largest absolute Gasteiger partial charge is 0.497 e. The van der Waals surface area contributed by atoms with Crippen LogP contribution < -0.4 is 14.4 Å². The van der Waals surface area contributed by atoms with Crippen molar-refractivity contribution in [1.82, 2.24) is 10.2 Å². The number of hydrogen-bond donors (Lipinski definition) is 1. The third kappa shape index (κ3) is 8.51. The average Bonchev–Trinajstić information content (AvgIpc) is 3.06. The van der Waals surface area contributed by atoms with Gasteiger partial charge in [0, 0.05) is 25.1 Å². The van der Waals surface area contributed by atoms with Gasteiger partial charge in [0.1, 0.15) is 18.3 Å². The minimum absolute atomic E-state index is 0.0430. The van der Waals surface area contributed by atoms with E-state index in [9.17, 15) is 18.0 Å². The Morgan fingerprint density at radius 1 is 0.867 bits per heavy atom. The van der Waals surface area contributed by atoms with Crippen LogP contribution in [-0.4, -0.2) is 50.9 Å².